The highest BCUT2D eigenvalue weighted by Crippen LogP contribution is 2.22. The molecule has 1 aromatic rings. The first-order valence-electron chi connectivity index (χ1n) is 4.71. The zero-order chi connectivity index (χ0) is 9.26. The molecule has 1 aromatic carbocycles. The fourth-order valence-corrected chi connectivity index (χ4v) is 2.23. The molecule has 13 heavy (non-hydrogen) atoms. The van der Waals surface area contributed by atoms with Gasteiger partial charge < -0.3 is 0 Å². The maximum absolute atomic E-state index is 3.57. The van der Waals surface area contributed by atoms with Crippen molar-refractivity contribution in [1.82, 2.24) is 4.90 Å². The molecule has 1 nitrogen and oxygen atoms in total. The summed E-state index contributed by atoms with van der Waals surface area (Å²) < 4.78 is 1.23. The predicted octanol–water partition coefficient (Wildman–Crippen LogP) is 2.90. The average molecular weight is 240 g/mol. The van der Waals surface area contributed by atoms with Gasteiger partial charge in [0.1, 0.15) is 0 Å². The SMILES string of the molecule is CC1CN(Cc2ccccc2Br)C1. The Hall–Kier alpha value is -0.340. The Balaban J connectivity index is 1.98. The first-order chi connectivity index (χ1) is 6.25. The molecule has 0 saturated carbocycles. The zero-order valence-electron chi connectivity index (χ0n) is 7.83. The number of halogens is 1. The van der Waals surface area contributed by atoms with Crippen LogP contribution in [0.25, 0.3) is 0 Å². The molecule has 0 radical (unpaired) electrons. The Morgan fingerprint density at radius 2 is 2.08 bits per heavy atom. The van der Waals surface area contributed by atoms with E-state index in [0.29, 0.717) is 0 Å². The molecule has 0 aromatic heterocycles. The van der Waals surface area contributed by atoms with Crippen molar-refractivity contribution in [3.05, 3.63) is 34.3 Å². The standard InChI is InChI=1S/C11H14BrN/c1-9-6-13(7-9)8-10-4-2-3-5-11(10)12/h2-5,9H,6-8H2,1H3. The minimum Gasteiger partial charge on any atom is -0.298 e. The lowest BCUT2D eigenvalue weighted by Crippen LogP contribution is -2.44. The summed E-state index contributed by atoms with van der Waals surface area (Å²) in [5.41, 5.74) is 1.40. The summed E-state index contributed by atoms with van der Waals surface area (Å²) in [6.45, 7) is 5.89. The molecular weight excluding hydrogens is 226 g/mol. The monoisotopic (exact) mass is 239 g/mol. The topological polar surface area (TPSA) is 3.24 Å². The molecule has 1 fully saturated rings. The number of nitrogens with zero attached hydrogens (tertiary/aromatic N) is 1. The van der Waals surface area contributed by atoms with Gasteiger partial charge in [-0.05, 0) is 17.5 Å². The van der Waals surface area contributed by atoms with Crippen LogP contribution < -0.4 is 0 Å². The second kappa shape index (κ2) is 3.81. The number of hydrogen-bond donors (Lipinski definition) is 0. The van der Waals surface area contributed by atoms with Crippen LogP contribution in [0.2, 0.25) is 0 Å². The van der Waals surface area contributed by atoms with E-state index in [2.05, 4.69) is 52.0 Å². The van der Waals surface area contributed by atoms with Crippen LogP contribution in [0.4, 0.5) is 0 Å². The molecule has 1 heterocycles. The summed E-state index contributed by atoms with van der Waals surface area (Å²) in [6.07, 6.45) is 0. The summed E-state index contributed by atoms with van der Waals surface area (Å²) >= 11 is 3.57. The van der Waals surface area contributed by atoms with Crippen LogP contribution in [0.15, 0.2) is 28.7 Å². The van der Waals surface area contributed by atoms with Crippen LogP contribution >= 0.6 is 15.9 Å². The third kappa shape index (κ3) is 2.12. The highest BCUT2D eigenvalue weighted by molar-refractivity contribution is 9.10. The lowest BCUT2D eigenvalue weighted by atomic mass is 10.0. The molecule has 0 atom stereocenters. The maximum atomic E-state index is 3.57. The third-order valence-electron chi connectivity index (χ3n) is 2.49. The molecule has 0 spiro atoms. The molecule has 2 rings (SSSR count). The summed E-state index contributed by atoms with van der Waals surface area (Å²) in [7, 11) is 0. The van der Waals surface area contributed by atoms with E-state index in [1.165, 1.54) is 23.1 Å². The molecule has 2 heteroatoms. The van der Waals surface area contributed by atoms with E-state index in [4.69, 9.17) is 0 Å². The quantitative estimate of drug-likeness (QED) is 0.768. The van der Waals surface area contributed by atoms with Crippen LogP contribution in [0, 0.1) is 5.92 Å². The van der Waals surface area contributed by atoms with Gasteiger partial charge in [0, 0.05) is 24.1 Å². The highest BCUT2D eigenvalue weighted by Gasteiger charge is 2.22. The van der Waals surface area contributed by atoms with Crippen LogP contribution in [0.3, 0.4) is 0 Å². The van der Waals surface area contributed by atoms with E-state index in [9.17, 15) is 0 Å². The second-order valence-electron chi connectivity index (χ2n) is 3.89. The van der Waals surface area contributed by atoms with Gasteiger partial charge in [-0.3, -0.25) is 4.90 Å². The van der Waals surface area contributed by atoms with Crippen molar-refractivity contribution >= 4 is 15.9 Å². The molecule has 0 aliphatic carbocycles. The van der Waals surface area contributed by atoms with Gasteiger partial charge in [0.05, 0.1) is 0 Å². The van der Waals surface area contributed by atoms with E-state index in [1.54, 1.807) is 0 Å². The van der Waals surface area contributed by atoms with E-state index in [0.717, 1.165) is 12.5 Å². The van der Waals surface area contributed by atoms with Gasteiger partial charge in [0.25, 0.3) is 0 Å². The summed E-state index contributed by atoms with van der Waals surface area (Å²) in [5.74, 6) is 0.891. The van der Waals surface area contributed by atoms with Gasteiger partial charge in [-0.1, -0.05) is 41.1 Å². The molecule has 1 aliphatic rings. The first kappa shape index (κ1) is 9.22. The van der Waals surface area contributed by atoms with Gasteiger partial charge in [-0.15, -0.1) is 0 Å². The Morgan fingerprint density at radius 1 is 1.38 bits per heavy atom. The highest BCUT2D eigenvalue weighted by atomic mass is 79.9. The second-order valence-corrected chi connectivity index (χ2v) is 4.75. The molecule has 0 unspecified atom stereocenters. The van der Waals surface area contributed by atoms with Crippen molar-refractivity contribution in [1.29, 1.82) is 0 Å². The van der Waals surface area contributed by atoms with Crippen molar-refractivity contribution < 1.29 is 0 Å². The molecule has 0 N–H and O–H groups in total. The Labute approximate surface area is 87.9 Å². The van der Waals surface area contributed by atoms with Crippen molar-refractivity contribution in [3.63, 3.8) is 0 Å². The Morgan fingerprint density at radius 3 is 2.69 bits per heavy atom. The average Bonchev–Trinajstić information content (AvgIpc) is 2.06. The van der Waals surface area contributed by atoms with Gasteiger partial charge in [0.15, 0.2) is 0 Å². The summed E-state index contributed by atoms with van der Waals surface area (Å²) in [4.78, 5) is 2.48. The third-order valence-corrected chi connectivity index (χ3v) is 3.27. The molecule has 1 saturated heterocycles. The largest absolute Gasteiger partial charge is 0.298 e. The normalized spacial score (nSPS) is 18.6. The van der Waals surface area contributed by atoms with Gasteiger partial charge in [-0.2, -0.15) is 0 Å². The van der Waals surface area contributed by atoms with E-state index >= 15 is 0 Å². The lowest BCUT2D eigenvalue weighted by molar-refractivity contribution is 0.104. The fraction of sp³-hybridized carbons (Fsp3) is 0.455. The van der Waals surface area contributed by atoms with Crippen LogP contribution in [0.5, 0.6) is 0 Å². The summed E-state index contributed by atoms with van der Waals surface area (Å²) in [5, 5.41) is 0. The van der Waals surface area contributed by atoms with Crippen molar-refractivity contribution in [3.8, 4) is 0 Å². The number of likely N-dealkylation sites (tertiary alicyclic amines) is 1. The molecule has 1 aliphatic heterocycles. The Kier molecular flexibility index (Phi) is 2.70. The molecule has 0 amide bonds. The van der Waals surface area contributed by atoms with Gasteiger partial charge in [-0.25, -0.2) is 0 Å². The first-order valence-corrected chi connectivity index (χ1v) is 5.51. The number of benzene rings is 1. The smallest absolute Gasteiger partial charge is 0.0245 e. The fourth-order valence-electron chi connectivity index (χ4n) is 1.82. The molecule has 0 bridgehead atoms. The lowest BCUT2D eigenvalue weighted by Gasteiger charge is -2.37. The number of hydrogen-bond acceptors (Lipinski definition) is 1. The van der Waals surface area contributed by atoms with Crippen LogP contribution in [-0.4, -0.2) is 18.0 Å². The predicted molar refractivity (Wildman–Crippen MR) is 58.6 cm³/mol. The van der Waals surface area contributed by atoms with E-state index in [1.807, 2.05) is 0 Å². The van der Waals surface area contributed by atoms with E-state index in [-0.39, 0.29) is 0 Å². The van der Waals surface area contributed by atoms with Crippen LogP contribution in [0.1, 0.15) is 12.5 Å². The van der Waals surface area contributed by atoms with Crippen molar-refractivity contribution in [2.45, 2.75) is 13.5 Å². The minimum absolute atomic E-state index is 0.891. The Bertz CT molecular complexity index is 292. The zero-order valence-corrected chi connectivity index (χ0v) is 9.42. The van der Waals surface area contributed by atoms with Crippen LogP contribution in [-0.2, 0) is 6.54 Å². The van der Waals surface area contributed by atoms with Gasteiger partial charge in [0.2, 0.25) is 0 Å². The maximum Gasteiger partial charge on any atom is 0.0245 e. The van der Waals surface area contributed by atoms with Gasteiger partial charge >= 0.3 is 0 Å². The molecule has 70 valence electrons. The number of rotatable bonds is 2. The van der Waals surface area contributed by atoms with E-state index < -0.39 is 0 Å². The minimum atomic E-state index is 0.891. The van der Waals surface area contributed by atoms with Crippen molar-refractivity contribution in [2.24, 2.45) is 5.92 Å². The summed E-state index contributed by atoms with van der Waals surface area (Å²) in [6, 6.07) is 8.46. The van der Waals surface area contributed by atoms with Crippen molar-refractivity contribution in [2.75, 3.05) is 13.1 Å². The molecular formula is C11H14BrN.